The van der Waals surface area contributed by atoms with Crippen LogP contribution in [0.25, 0.3) is 6.08 Å². The summed E-state index contributed by atoms with van der Waals surface area (Å²) in [6, 6.07) is 17.0. The fraction of sp³-hybridized carbons (Fsp3) is 0.273. The predicted octanol–water partition coefficient (Wildman–Crippen LogP) is 2.05. The van der Waals surface area contributed by atoms with Gasteiger partial charge in [-0.05, 0) is 17.7 Å². The molecule has 1 saturated heterocycles. The predicted molar refractivity (Wildman–Crippen MR) is 112 cm³/mol. The lowest BCUT2D eigenvalue weighted by Crippen LogP contribution is -2.48. The Hall–Kier alpha value is -2.96. The molecule has 146 valence electrons. The first-order chi connectivity index (χ1) is 13.6. The summed E-state index contributed by atoms with van der Waals surface area (Å²) < 4.78 is 0. The van der Waals surface area contributed by atoms with E-state index in [0.717, 1.165) is 32.7 Å². The van der Waals surface area contributed by atoms with Gasteiger partial charge >= 0.3 is 0 Å². The number of benzene rings is 2. The van der Waals surface area contributed by atoms with E-state index in [4.69, 9.17) is 5.73 Å². The Bertz CT molecular complexity index is 827. The third-order valence-electron chi connectivity index (χ3n) is 4.77. The molecule has 0 unspecified atom stereocenters. The summed E-state index contributed by atoms with van der Waals surface area (Å²) in [6.07, 6.45) is 4.31. The maximum absolute atomic E-state index is 12.3. The van der Waals surface area contributed by atoms with Gasteiger partial charge in [0.15, 0.2) is 0 Å². The van der Waals surface area contributed by atoms with Crippen LogP contribution in [-0.2, 0) is 4.79 Å². The summed E-state index contributed by atoms with van der Waals surface area (Å²) in [5, 5.41) is 2.80. The zero-order valence-electron chi connectivity index (χ0n) is 15.9. The summed E-state index contributed by atoms with van der Waals surface area (Å²) in [4.78, 5) is 28.3. The molecular weight excluding hydrogens is 352 g/mol. The van der Waals surface area contributed by atoms with Gasteiger partial charge in [-0.2, -0.15) is 0 Å². The zero-order chi connectivity index (χ0) is 19.8. The van der Waals surface area contributed by atoms with Gasteiger partial charge in [0.2, 0.25) is 5.91 Å². The first kappa shape index (κ1) is 19.8. The Balaban J connectivity index is 1.42. The first-order valence-electron chi connectivity index (χ1n) is 9.47. The molecule has 0 atom stereocenters. The number of hydrogen-bond acceptors (Lipinski definition) is 4. The van der Waals surface area contributed by atoms with Gasteiger partial charge in [-0.25, -0.2) is 0 Å². The topological polar surface area (TPSA) is 78.7 Å². The van der Waals surface area contributed by atoms with Crippen molar-refractivity contribution < 1.29 is 9.59 Å². The monoisotopic (exact) mass is 378 g/mol. The van der Waals surface area contributed by atoms with Crippen LogP contribution in [0.1, 0.15) is 15.9 Å². The van der Waals surface area contributed by atoms with Gasteiger partial charge in [-0.3, -0.25) is 19.4 Å². The van der Waals surface area contributed by atoms with Crippen LogP contribution in [0.5, 0.6) is 0 Å². The number of amides is 2. The highest BCUT2D eigenvalue weighted by Crippen LogP contribution is 2.14. The Kier molecular flexibility index (Phi) is 6.94. The number of piperazine rings is 1. The van der Waals surface area contributed by atoms with Crippen molar-refractivity contribution in [1.82, 2.24) is 9.80 Å². The molecule has 28 heavy (non-hydrogen) atoms. The fourth-order valence-electron chi connectivity index (χ4n) is 3.23. The number of rotatable bonds is 7. The lowest BCUT2D eigenvalue weighted by molar-refractivity contribution is -0.117. The second kappa shape index (κ2) is 9.82. The smallest absolute Gasteiger partial charge is 0.250 e. The van der Waals surface area contributed by atoms with Crippen molar-refractivity contribution in [3.8, 4) is 0 Å². The third kappa shape index (κ3) is 5.77. The molecule has 0 saturated carbocycles. The Morgan fingerprint density at radius 3 is 2.29 bits per heavy atom. The van der Waals surface area contributed by atoms with Gasteiger partial charge < -0.3 is 11.1 Å². The van der Waals surface area contributed by atoms with Crippen LogP contribution < -0.4 is 11.1 Å². The number of para-hydroxylation sites is 1. The number of hydrogen-bond donors (Lipinski definition) is 2. The SMILES string of the molecule is NC(=O)c1ccccc1NC(=O)CN1CCN(CC=Cc2ccccc2)CC1. The molecule has 1 heterocycles. The molecule has 1 aliphatic rings. The summed E-state index contributed by atoms with van der Waals surface area (Å²) in [7, 11) is 0. The van der Waals surface area contributed by atoms with Crippen molar-refractivity contribution in [2.24, 2.45) is 5.73 Å². The number of carbonyl (C=O) groups is 2. The summed E-state index contributed by atoms with van der Waals surface area (Å²) >= 11 is 0. The van der Waals surface area contributed by atoms with Gasteiger partial charge in [0.1, 0.15) is 0 Å². The van der Waals surface area contributed by atoms with Crippen molar-refractivity contribution in [2.75, 3.05) is 44.6 Å². The molecule has 0 radical (unpaired) electrons. The maximum Gasteiger partial charge on any atom is 0.250 e. The summed E-state index contributed by atoms with van der Waals surface area (Å²) in [5.41, 5.74) is 7.35. The van der Waals surface area contributed by atoms with Crippen LogP contribution in [0.15, 0.2) is 60.7 Å². The Morgan fingerprint density at radius 1 is 0.929 bits per heavy atom. The molecule has 2 aromatic carbocycles. The minimum Gasteiger partial charge on any atom is -0.366 e. The minimum atomic E-state index is -0.548. The van der Waals surface area contributed by atoms with Gasteiger partial charge in [0.25, 0.3) is 5.91 Å². The van der Waals surface area contributed by atoms with Crippen LogP contribution in [0.2, 0.25) is 0 Å². The van der Waals surface area contributed by atoms with E-state index >= 15 is 0 Å². The lowest BCUT2D eigenvalue weighted by atomic mass is 10.1. The molecule has 6 heteroatoms. The van der Waals surface area contributed by atoms with Crippen molar-refractivity contribution in [3.05, 3.63) is 71.8 Å². The van der Waals surface area contributed by atoms with Crippen molar-refractivity contribution in [2.45, 2.75) is 0 Å². The largest absolute Gasteiger partial charge is 0.366 e. The van der Waals surface area contributed by atoms with Crippen molar-refractivity contribution in [1.29, 1.82) is 0 Å². The molecule has 0 aromatic heterocycles. The molecule has 3 rings (SSSR count). The molecule has 3 N–H and O–H groups in total. The molecule has 0 bridgehead atoms. The highest BCUT2D eigenvalue weighted by Gasteiger charge is 2.19. The zero-order valence-corrected chi connectivity index (χ0v) is 15.9. The van der Waals surface area contributed by atoms with E-state index < -0.39 is 5.91 Å². The highest BCUT2D eigenvalue weighted by molar-refractivity contribution is 6.03. The van der Waals surface area contributed by atoms with E-state index in [2.05, 4.69) is 39.4 Å². The average molecular weight is 378 g/mol. The van der Waals surface area contributed by atoms with Crippen LogP contribution in [0.3, 0.4) is 0 Å². The minimum absolute atomic E-state index is 0.133. The van der Waals surface area contributed by atoms with E-state index in [1.54, 1.807) is 24.3 Å². The lowest BCUT2D eigenvalue weighted by Gasteiger charge is -2.33. The molecular formula is C22H26N4O2. The highest BCUT2D eigenvalue weighted by atomic mass is 16.2. The molecule has 2 amide bonds. The van der Waals surface area contributed by atoms with Gasteiger partial charge in [-0.1, -0.05) is 54.6 Å². The van der Waals surface area contributed by atoms with Crippen molar-refractivity contribution in [3.63, 3.8) is 0 Å². The standard InChI is InChI=1S/C22H26N4O2/c23-22(28)19-10-4-5-11-20(19)24-21(27)17-26-15-13-25(14-16-26)12-6-9-18-7-2-1-3-8-18/h1-11H,12-17H2,(H2,23,28)(H,24,27). The van der Waals surface area contributed by atoms with E-state index in [0.29, 0.717) is 17.8 Å². The number of nitrogens with one attached hydrogen (secondary N) is 1. The van der Waals surface area contributed by atoms with Crippen LogP contribution in [0.4, 0.5) is 5.69 Å². The van der Waals surface area contributed by atoms with Gasteiger partial charge in [0, 0.05) is 32.7 Å². The Labute approximate surface area is 165 Å². The average Bonchev–Trinajstić information content (AvgIpc) is 2.70. The number of primary amides is 1. The van der Waals surface area contributed by atoms with Gasteiger partial charge in [0.05, 0.1) is 17.8 Å². The molecule has 1 fully saturated rings. The van der Waals surface area contributed by atoms with E-state index in [-0.39, 0.29) is 5.91 Å². The number of nitrogens with two attached hydrogens (primary N) is 1. The number of carbonyl (C=O) groups excluding carboxylic acids is 2. The summed E-state index contributed by atoms with van der Waals surface area (Å²) in [6.45, 7) is 4.73. The normalized spacial score (nSPS) is 15.6. The maximum atomic E-state index is 12.3. The molecule has 6 nitrogen and oxygen atoms in total. The second-order valence-electron chi connectivity index (χ2n) is 6.85. The van der Waals surface area contributed by atoms with Crippen LogP contribution >= 0.6 is 0 Å². The van der Waals surface area contributed by atoms with E-state index in [9.17, 15) is 9.59 Å². The fourth-order valence-corrected chi connectivity index (χ4v) is 3.23. The third-order valence-corrected chi connectivity index (χ3v) is 4.77. The van der Waals surface area contributed by atoms with Crippen molar-refractivity contribution >= 4 is 23.6 Å². The van der Waals surface area contributed by atoms with Gasteiger partial charge in [-0.15, -0.1) is 0 Å². The van der Waals surface area contributed by atoms with Crippen LogP contribution in [0, 0.1) is 0 Å². The van der Waals surface area contributed by atoms with E-state index in [1.807, 2.05) is 18.2 Å². The second-order valence-corrected chi connectivity index (χ2v) is 6.85. The summed E-state index contributed by atoms with van der Waals surface area (Å²) in [5.74, 6) is -0.681. The number of nitrogens with zero attached hydrogens (tertiary/aromatic N) is 2. The van der Waals surface area contributed by atoms with E-state index in [1.165, 1.54) is 5.56 Å². The Morgan fingerprint density at radius 2 is 1.57 bits per heavy atom. The molecule has 0 spiro atoms. The number of anilines is 1. The first-order valence-corrected chi connectivity index (χ1v) is 9.47. The van der Waals surface area contributed by atoms with Crippen LogP contribution in [-0.4, -0.2) is 60.9 Å². The quantitative estimate of drug-likeness (QED) is 0.773. The molecule has 2 aromatic rings. The molecule has 1 aliphatic heterocycles. The molecule has 0 aliphatic carbocycles.